The smallest absolute Gasteiger partial charge is 0.407 e. The van der Waals surface area contributed by atoms with Gasteiger partial charge in [-0.15, -0.1) is 0 Å². The molecule has 7 rings (SSSR count). The Morgan fingerprint density at radius 1 is 1.04 bits per heavy atom. The molecule has 2 amide bonds. The summed E-state index contributed by atoms with van der Waals surface area (Å²) in [5.41, 5.74) is -0.465. The number of carbonyl (C=O) groups excluding carboxylic acids is 3. The number of nitrogens with zero attached hydrogens (tertiary/aromatic N) is 3. The molecule has 4 heterocycles. The molecule has 3 saturated heterocycles. The number of fused-ring (bicyclic) bond motifs is 4. The van der Waals surface area contributed by atoms with E-state index in [-0.39, 0.29) is 47.9 Å². The minimum absolute atomic E-state index is 0.0381. The van der Waals surface area contributed by atoms with Crippen LogP contribution in [0.5, 0.6) is 0 Å². The van der Waals surface area contributed by atoms with Gasteiger partial charge in [0.05, 0.1) is 55.2 Å². The van der Waals surface area contributed by atoms with E-state index in [2.05, 4.69) is 20.4 Å². The molecule has 3 saturated carbocycles. The Bertz CT molecular complexity index is 1240. The van der Waals surface area contributed by atoms with E-state index in [0.717, 1.165) is 58.5 Å². The molecule has 7 aliphatic rings. The van der Waals surface area contributed by atoms with Crippen molar-refractivity contribution < 1.29 is 33.0 Å². The maximum Gasteiger partial charge on any atom is 0.407 e. The predicted octanol–water partition coefficient (Wildman–Crippen LogP) is 3.02. The van der Waals surface area contributed by atoms with Crippen molar-refractivity contribution in [2.75, 3.05) is 52.5 Å². The van der Waals surface area contributed by atoms with Crippen molar-refractivity contribution in [1.29, 1.82) is 0 Å². The lowest BCUT2D eigenvalue weighted by Crippen LogP contribution is -2.74. The zero-order chi connectivity index (χ0) is 33.6. The first-order chi connectivity index (χ1) is 23.1. The number of hydrogen-bond acceptors (Lipinski definition) is 9. The average Bonchev–Trinajstić information content (AvgIpc) is 3.52. The zero-order valence-corrected chi connectivity index (χ0v) is 29.0. The number of nitrogens with one attached hydrogen (secondary N) is 2. The molecule has 9 unspecified atom stereocenters. The Morgan fingerprint density at radius 3 is 2.62 bits per heavy atom. The second kappa shape index (κ2) is 14.2. The first kappa shape index (κ1) is 34.2. The van der Waals surface area contributed by atoms with E-state index >= 15 is 4.39 Å². The van der Waals surface area contributed by atoms with Crippen molar-refractivity contribution in [2.24, 2.45) is 17.8 Å². The van der Waals surface area contributed by atoms with Crippen LogP contribution >= 0.6 is 0 Å². The molecule has 48 heavy (non-hydrogen) atoms. The maximum atomic E-state index is 16.3. The molecule has 3 aliphatic carbocycles. The molecule has 0 aromatic heterocycles. The second-order valence-electron chi connectivity index (χ2n) is 16.3. The van der Waals surface area contributed by atoms with Crippen LogP contribution in [0.3, 0.4) is 0 Å². The number of amides is 2. The van der Waals surface area contributed by atoms with Crippen LogP contribution in [0.1, 0.15) is 78.6 Å². The third-order valence-corrected chi connectivity index (χ3v) is 12.1. The molecule has 0 radical (unpaired) electrons. The van der Waals surface area contributed by atoms with Gasteiger partial charge in [-0.1, -0.05) is 19.3 Å². The van der Waals surface area contributed by atoms with Crippen LogP contribution in [0.15, 0.2) is 11.8 Å². The fraction of sp³-hybridized carbons (Fsp3) is 0.861. The highest BCUT2D eigenvalue weighted by Gasteiger charge is 2.60. The highest BCUT2D eigenvalue weighted by Crippen LogP contribution is 2.51. The number of ketones is 1. The number of rotatable bonds is 7. The van der Waals surface area contributed by atoms with Crippen molar-refractivity contribution in [2.45, 2.75) is 127 Å². The highest BCUT2D eigenvalue weighted by atomic mass is 19.1. The molecule has 11 nitrogen and oxygen atoms in total. The Kier molecular flexibility index (Phi) is 10.1. The van der Waals surface area contributed by atoms with Crippen LogP contribution in [0.25, 0.3) is 0 Å². The monoisotopic (exact) mass is 673 g/mol. The van der Waals surface area contributed by atoms with Crippen molar-refractivity contribution in [1.82, 2.24) is 25.3 Å². The van der Waals surface area contributed by atoms with E-state index in [4.69, 9.17) is 14.2 Å². The Morgan fingerprint density at radius 2 is 1.83 bits per heavy atom. The minimum atomic E-state index is -1.25. The van der Waals surface area contributed by atoms with Gasteiger partial charge in [-0.25, -0.2) is 9.18 Å². The van der Waals surface area contributed by atoms with Crippen molar-refractivity contribution in [3.05, 3.63) is 11.8 Å². The Balaban J connectivity index is 1.10. The summed E-state index contributed by atoms with van der Waals surface area (Å²) < 4.78 is 34.3. The average molecular weight is 674 g/mol. The summed E-state index contributed by atoms with van der Waals surface area (Å²) in [5.74, 6) is -0.188. The van der Waals surface area contributed by atoms with Gasteiger partial charge >= 0.3 is 6.09 Å². The number of alkyl carbamates (subject to hydrolysis) is 1. The molecule has 268 valence electrons. The van der Waals surface area contributed by atoms with Gasteiger partial charge in [0.25, 0.3) is 5.91 Å². The molecule has 0 aromatic carbocycles. The van der Waals surface area contributed by atoms with E-state index in [1.165, 1.54) is 19.3 Å². The molecule has 0 bridgehead atoms. The molecule has 12 heteroatoms. The van der Waals surface area contributed by atoms with E-state index in [1.54, 1.807) is 4.90 Å². The maximum absolute atomic E-state index is 16.3. The van der Waals surface area contributed by atoms with Gasteiger partial charge in [-0.3, -0.25) is 14.5 Å². The van der Waals surface area contributed by atoms with Gasteiger partial charge in [0.1, 0.15) is 11.8 Å². The lowest BCUT2D eigenvalue weighted by Gasteiger charge is -2.61. The number of likely N-dealkylation sites (tertiary alicyclic amines) is 1. The van der Waals surface area contributed by atoms with Crippen LogP contribution in [0, 0.1) is 17.8 Å². The number of alkyl halides is 1. The topological polar surface area (TPSA) is 113 Å². The third kappa shape index (κ3) is 7.01. The summed E-state index contributed by atoms with van der Waals surface area (Å²) in [6, 6.07) is -0.976. The van der Waals surface area contributed by atoms with E-state index in [9.17, 15) is 14.4 Å². The molecule has 0 spiro atoms. The normalized spacial score (nSPS) is 38.4. The largest absolute Gasteiger partial charge is 0.444 e. The SMILES string of the molecule is CC(C)(C)OC(=O)N[C@@H]1CCN(C(=O)C2=CN3C4CCC5CCCCC5C4OC4C(NCCCN5CCOCC5)C(F)CC(C2=O)C43)C1. The molecule has 0 aromatic rings. The number of hydrogen-bond donors (Lipinski definition) is 2. The lowest BCUT2D eigenvalue weighted by atomic mass is 9.64. The van der Waals surface area contributed by atoms with Crippen LogP contribution < -0.4 is 10.6 Å². The number of morpholine rings is 2. The number of carbonyl (C=O) groups is 3. The highest BCUT2D eigenvalue weighted by molar-refractivity contribution is 6.20. The molecule has 10 atom stereocenters. The van der Waals surface area contributed by atoms with E-state index in [1.807, 2.05) is 27.0 Å². The van der Waals surface area contributed by atoms with Gasteiger partial charge in [0, 0.05) is 38.3 Å². The zero-order valence-electron chi connectivity index (χ0n) is 29.0. The fourth-order valence-corrected chi connectivity index (χ4v) is 9.86. The van der Waals surface area contributed by atoms with Gasteiger partial charge < -0.3 is 34.6 Å². The summed E-state index contributed by atoms with van der Waals surface area (Å²) in [5, 5.41) is 6.44. The predicted molar refractivity (Wildman–Crippen MR) is 177 cm³/mol. The number of ether oxygens (including phenoxy) is 3. The van der Waals surface area contributed by atoms with E-state index in [0.29, 0.717) is 37.9 Å². The van der Waals surface area contributed by atoms with Crippen LogP contribution in [0.4, 0.5) is 9.18 Å². The summed E-state index contributed by atoms with van der Waals surface area (Å²) >= 11 is 0. The van der Waals surface area contributed by atoms with Crippen LogP contribution in [-0.2, 0) is 23.8 Å². The lowest BCUT2D eigenvalue weighted by molar-refractivity contribution is -0.220. The van der Waals surface area contributed by atoms with Crippen LogP contribution in [-0.4, -0.2) is 133 Å². The summed E-state index contributed by atoms with van der Waals surface area (Å²) in [6.07, 6.45) is 7.99. The first-order valence-electron chi connectivity index (χ1n) is 18.7. The Labute approximate surface area is 284 Å². The standard InChI is InChI=1S/C36H56FN5O6/c1-36(2,3)48-35(45)39-23-11-14-41(20-23)34(44)26-21-42-28-10-9-22-7-4-5-8-24(22)32(28)47-33-29(27(37)19-25(30(33)42)31(26)43)38-12-6-13-40-15-17-46-18-16-40/h21-25,27-30,32-33,38H,4-20H2,1-3H3,(H,39,45)/t22?,23-,24?,25?,27?,28?,29?,30?,32?,33?/m1/s1. The molecule has 4 aliphatic heterocycles. The van der Waals surface area contributed by atoms with Crippen LogP contribution in [0.2, 0.25) is 0 Å². The second-order valence-corrected chi connectivity index (χ2v) is 16.3. The van der Waals surface area contributed by atoms with Crippen molar-refractivity contribution in [3.8, 4) is 0 Å². The summed E-state index contributed by atoms with van der Waals surface area (Å²) in [7, 11) is 0. The van der Waals surface area contributed by atoms with Gasteiger partial charge in [-0.05, 0) is 84.2 Å². The summed E-state index contributed by atoms with van der Waals surface area (Å²) in [4.78, 5) is 47.0. The van der Waals surface area contributed by atoms with E-state index < -0.39 is 35.9 Å². The molecular formula is C36H56FN5O6. The third-order valence-electron chi connectivity index (χ3n) is 12.1. The first-order valence-corrected chi connectivity index (χ1v) is 18.7. The van der Waals surface area contributed by atoms with Gasteiger partial charge in [0.2, 0.25) is 0 Å². The van der Waals surface area contributed by atoms with Gasteiger partial charge in [0.15, 0.2) is 5.78 Å². The van der Waals surface area contributed by atoms with Crippen molar-refractivity contribution >= 4 is 17.8 Å². The molecular weight excluding hydrogens is 617 g/mol. The number of Topliss-reactive ketones (excluding diaryl/α,β-unsaturated/α-hetero) is 1. The quantitative estimate of drug-likeness (QED) is 0.311. The summed E-state index contributed by atoms with van der Waals surface area (Å²) in [6.45, 7) is 11.2. The van der Waals surface area contributed by atoms with Gasteiger partial charge in [-0.2, -0.15) is 0 Å². The fourth-order valence-electron chi connectivity index (χ4n) is 9.86. The molecule has 2 N–H and O–H groups in total. The minimum Gasteiger partial charge on any atom is -0.444 e. The molecule has 6 fully saturated rings. The Hall–Kier alpha value is -2.28. The van der Waals surface area contributed by atoms with Crippen molar-refractivity contribution in [3.63, 3.8) is 0 Å². The number of halogens is 1.